The van der Waals surface area contributed by atoms with Gasteiger partial charge in [-0.05, 0) is 36.1 Å². The number of hydrogen-bond donors (Lipinski definition) is 1. The third-order valence-electron chi connectivity index (χ3n) is 4.89. The highest BCUT2D eigenvalue weighted by Crippen LogP contribution is 2.30. The number of benzene rings is 2. The van der Waals surface area contributed by atoms with Crippen LogP contribution in [0.3, 0.4) is 0 Å². The third kappa shape index (κ3) is 3.73. The molecule has 1 atom stereocenters. The monoisotopic (exact) mass is 383 g/mol. The van der Waals surface area contributed by atoms with Crippen LogP contribution in [0.1, 0.15) is 29.4 Å². The molecule has 1 amide bonds. The van der Waals surface area contributed by atoms with Crippen LogP contribution < -0.4 is 5.32 Å². The quantitative estimate of drug-likeness (QED) is 0.733. The van der Waals surface area contributed by atoms with Crippen LogP contribution in [0.25, 0.3) is 11.0 Å². The molecule has 27 heavy (non-hydrogen) atoms. The molecule has 4 rings (SSSR count). The molecule has 1 N–H and O–H groups in total. The molecule has 0 bridgehead atoms. The summed E-state index contributed by atoms with van der Waals surface area (Å²) in [6, 6.07) is 15.5. The Morgan fingerprint density at radius 2 is 1.93 bits per heavy atom. The molecule has 0 saturated carbocycles. The van der Waals surface area contributed by atoms with Crippen LogP contribution in [0.15, 0.2) is 48.5 Å². The van der Waals surface area contributed by atoms with E-state index in [1.807, 2.05) is 36.4 Å². The number of carbonyl (C=O) groups is 1. The maximum absolute atomic E-state index is 12.7. The number of hydrogen-bond acceptors (Lipinski definition) is 4. The van der Waals surface area contributed by atoms with Crippen molar-refractivity contribution in [2.24, 2.45) is 0 Å². The van der Waals surface area contributed by atoms with Gasteiger partial charge in [-0.15, -0.1) is 0 Å². The summed E-state index contributed by atoms with van der Waals surface area (Å²) in [5, 5.41) is 3.09. The van der Waals surface area contributed by atoms with E-state index < -0.39 is 9.84 Å². The molecule has 2 aromatic carbocycles. The predicted molar refractivity (Wildman–Crippen MR) is 104 cm³/mol. The molecule has 0 unspecified atom stereocenters. The Bertz CT molecular complexity index is 1120. The molecule has 0 radical (unpaired) electrons. The molecule has 7 heteroatoms. The van der Waals surface area contributed by atoms with Gasteiger partial charge in [0.05, 0.1) is 17.1 Å². The second kappa shape index (κ2) is 6.81. The van der Waals surface area contributed by atoms with Crippen molar-refractivity contribution >= 4 is 26.8 Å². The first-order chi connectivity index (χ1) is 12.9. The molecule has 1 heterocycles. The number of sulfone groups is 1. The summed E-state index contributed by atoms with van der Waals surface area (Å²) in [6.07, 6.45) is 3.01. The number of nitrogens with one attached hydrogen (secondary N) is 1. The highest BCUT2D eigenvalue weighted by molar-refractivity contribution is 7.89. The molecule has 1 aromatic heterocycles. The van der Waals surface area contributed by atoms with Crippen molar-refractivity contribution in [2.75, 3.05) is 6.26 Å². The minimum Gasteiger partial charge on any atom is -0.348 e. The molecule has 6 nitrogen and oxygen atoms in total. The van der Waals surface area contributed by atoms with Gasteiger partial charge < -0.3 is 9.88 Å². The Balaban J connectivity index is 1.59. The van der Waals surface area contributed by atoms with Gasteiger partial charge in [-0.2, -0.15) is 0 Å². The maximum atomic E-state index is 12.7. The van der Waals surface area contributed by atoms with Gasteiger partial charge in [0.15, 0.2) is 9.84 Å². The van der Waals surface area contributed by atoms with Crippen LogP contribution in [0, 0.1) is 0 Å². The zero-order valence-corrected chi connectivity index (χ0v) is 15.9. The van der Waals surface area contributed by atoms with Crippen molar-refractivity contribution in [3.8, 4) is 0 Å². The number of aromatic nitrogens is 2. The standard InChI is InChI=1S/C20H21N3O3S/c1-27(25,26)13-19-21-17-8-4-5-9-18(17)23(19)12-20(24)22-16-11-10-14-6-2-3-7-15(14)16/h2-9,16H,10-13H2,1H3,(H,22,24)/t16-/m1/s1. The number of fused-ring (bicyclic) bond motifs is 2. The molecular formula is C20H21N3O3S. The first-order valence-electron chi connectivity index (χ1n) is 8.90. The van der Waals surface area contributed by atoms with E-state index in [1.54, 1.807) is 4.57 Å². The largest absolute Gasteiger partial charge is 0.348 e. The maximum Gasteiger partial charge on any atom is 0.240 e. The van der Waals surface area contributed by atoms with Gasteiger partial charge in [0.1, 0.15) is 18.1 Å². The first kappa shape index (κ1) is 17.7. The van der Waals surface area contributed by atoms with E-state index in [1.165, 1.54) is 11.8 Å². The molecule has 0 fully saturated rings. The summed E-state index contributed by atoms with van der Waals surface area (Å²) in [5.41, 5.74) is 3.89. The summed E-state index contributed by atoms with van der Waals surface area (Å²) in [4.78, 5) is 17.2. The van der Waals surface area contributed by atoms with E-state index in [-0.39, 0.29) is 24.2 Å². The Hall–Kier alpha value is -2.67. The van der Waals surface area contributed by atoms with Gasteiger partial charge in [-0.25, -0.2) is 13.4 Å². The number of imidazole rings is 1. The highest BCUT2D eigenvalue weighted by Gasteiger charge is 2.24. The number of para-hydroxylation sites is 2. The SMILES string of the molecule is CS(=O)(=O)Cc1nc2ccccc2n1CC(=O)N[C@@H]1CCc2ccccc21. The van der Waals surface area contributed by atoms with Crippen LogP contribution >= 0.6 is 0 Å². The van der Waals surface area contributed by atoms with E-state index >= 15 is 0 Å². The molecule has 1 aliphatic carbocycles. The van der Waals surface area contributed by atoms with Crippen molar-refractivity contribution < 1.29 is 13.2 Å². The molecule has 0 spiro atoms. The van der Waals surface area contributed by atoms with Gasteiger partial charge in [-0.1, -0.05) is 36.4 Å². The minimum atomic E-state index is -3.26. The Morgan fingerprint density at radius 1 is 1.19 bits per heavy atom. The third-order valence-corrected chi connectivity index (χ3v) is 5.68. The lowest BCUT2D eigenvalue weighted by molar-refractivity contribution is -0.122. The summed E-state index contributed by atoms with van der Waals surface area (Å²) in [5.74, 6) is 0.0524. The fourth-order valence-electron chi connectivity index (χ4n) is 3.74. The number of amides is 1. The molecule has 0 saturated heterocycles. The van der Waals surface area contributed by atoms with Crippen molar-refractivity contribution in [3.05, 3.63) is 65.5 Å². The number of rotatable bonds is 5. The summed E-state index contributed by atoms with van der Waals surface area (Å²) in [7, 11) is -3.26. The van der Waals surface area contributed by atoms with Crippen molar-refractivity contribution in [3.63, 3.8) is 0 Å². The van der Waals surface area contributed by atoms with Gasteiger partial charge in [0.25, 0.3) is 0 Å². The van der Waals surface area contributed by atoms with Crippen molar-refractivity contribution in [1.29, 1.82) is 0 Å². The van der Waals surface area contributed by atoms with Crippen LogP contribution in [0.4, 0.5) is 0 Å². The van der Waals surface area contributed by atoms with E-state index in [2.05, 4.69) is 22.4 Å². The fraction of sp³-hybridized carbons (Fsp3) is 0.300. The topological polar surface area (TPSA) is 81.1 Å². The normalized spacial score (nSPS) is 16.4. The Kier molecular flexibility index (Phi) is 4.47. The second-order valence-corrected chi connectivity index (χ2v) is 9.17. The number of carbonyl (C=O) groups excluding carboxylic acids is 1. The van der Waals surface area contributed by atoms with Gasteiger partial charge >= 0.3 is 0 Å². The summed E-state index contributed by atoms with van der Waals surface area (Å²) >= 11 is 0. The fourth-order valence-corrected chi connectivity index (χ4v) is 4.43. The minimum absolute atomic E-state index is 0.00171. The molecule has 3 aromatic rings. The van der Waals surface area contributed by atoms with Crippen LogP contribution in [-0.2, 0) is 33.4 Å². The molecular weight excluding hydrogens is 362 g/mol. The number of nitrogens with zero attached hydrogens (tertiary/aromatic N) is 2. The summed E-state index contributed by atoms with van der Waals surface area (Å²) in [6.45, 7) is 0.0457. The van der Waals surface area contributed by atoms with Crippen LogP contribution in [-0.4, -0.2) is 30.1 Å². The number of aryl methyl sites for hydroxylation is 1. The van der Waals surface area contributed by atoms with E-state index in [0.717, 1.165) is 23.9 Å². The van der Waals surface area contributed by atoms with Gasteiger partial charge in [-0.3, -0.25) is 4.79 Å². The van der Waals surface area contributed by atoms with Crippen molar-refractivity contribution in [2.45, 2.75) is 31.2 Å². The average molecular weight is 383 g/mol. The van der Waals surface area contributed by atoms with E-state index in [9.17, 15) is 13.2 Å². The van der Waals surface area contributed by atoms with Crippen LogP contribution in [0.5, 0.6) is 0 Å². The lowest BCUT2D eigenvalue weighted by Gasteiger charge is -2.15. The van der Waals surface area contributed by atoms with Crippen LogP contribution in [0.2, 0.25) is 0 Å². The zero-order valence-electron chi connectivity index (χ0n) is 15.1. The lowest BCUT2D eigenvalue weighted by atomic mass is 10.1. The summed E-state index contributed by atoms with van der Waals surface area (Å²) < 4.78 is 25.3. The zero-order chi connectivity index (χ0) is 19.0. The van der Waals surface area contributed by atoms with E-state index in [4.69, 9.17) is 0 Å². The Labute approximate surface area is 158 Å². The predicted octanol–water partition coefficient (Wildman–Crippen LogP) is 2.38. The first-order valence-corrected chi connectivity index (χ1v) is 11.0. The molecule has 140 valence electrons. The molecule has 1 aliphatic rings. The van der Waals surface area contributed by atoms with E-state index in [0.29, 0.717) is 11.3 Å². The average Bonchev–Trinajstić information content (AvgIpc) is 3.16. The van der Waals surface area contributed by atoms with Crippen molar-refractivity contribution in [1.82, 2.24) is 14.9 Å². The molecule has 0 aliphatic heterocycles. The van der Waals surface area contributed by atoms with Gasteiger partial charge in [0.2, 0.25) is 5.91 Å². The Morgan fingerprint density at radius 3 is 2.74 bits per heavy atom. The smallest absolute Gasteiger partial charge is 0.240 e. The highest BCUT2D eigenvalue weighted by atomic mass is 32.2. The van der Waals surface area contributed by atoms with Gasteiger partial charge in [0, 0.05) is 6.26 Å². The lowest BCUT2D eigenvalue weighted by Crippen LogP contribution is -2.31. The second-order valence-electron chi connectivity index (χ2n) is 7.03.